The van der Waals surface area contributed by atoms with E-state index < -0.39 is 0 Å². The number of ether oxygens (including phenoxy) is 1. The number of fused-ring (bicyclic) bond motifs is 1. The molecule has 0 saturated heterocycles. The van der Waals surface area contributed by atoms with Crippen LogP contribution >= 0.6 is 0 Å². The van der Waals surface area contributed by atoms with Gasteiger partial charge < -0.3 is 10.1 Å². The van der Waals surface area contributed by atoms with Crippen molar-refractivity contribution in [2.24, 2.45) is 5.92 Å². The molecule has 0 atom stereocenters. The van der Waals surface area contributed by atoms with Gasteiger partial charge in [-0.15, -0.1) is 0 Å². The van der Waals surface area contributed by atoms with E-state index in [1.807, 2.05) is 0 Å². The van der Waals surface area contributed by atoms with Gasteiger partial charge in [0.25, 0.3) is 0 Å². The van der Waals surface area contributed by atoms with Crippen LogP contribution in [0.4, 0.5) is 5.69 Å². The zero-order chi connectivity index (χ0) is 11.7. The molecule has 0 aromatic heterocycles. The fourth-order valence-corrected chi connectivity index (χ4v) is 2.90. The van der Waals surface area contributed by atoms with Crippen molar-refractivity contribution in [3.63, 3.8) is 0 Å². The molecular formula is C15H21NO. The smallest absolute Gasteiger partial charge is 0.0725 e. The maximum Gasteiger partial charge on any atom is 0.0725 e. The lowest BCUT2D eigenvalue weighted by atomic mass is 9.87. The summed E-state index contributed by atoms with van der Waals surface area (Å²) in [5, 5.41) is 3.68. The quantitative estimate of drug-likeness (QED) is 0.837. The first kappa shape index (κ1) is 11.1. The molecule has 0 unspecified atom stereocenters. The Morgan fingerprint density at radius 3 is 2.65 bits per heavy atom. The zero-order valence-corrected chi connectivity index (χ0v) is 10.5. The Hall–Kier alpha value is -1.02. The lowest BCUT2D eigenvalue weighted by Crippen LogP contribution is -2.25. The summed E-state index contributed by atoms with van der Waals surface area (Å²) in [5.74, 6) is 0.918. The topological polar surface area (TPSA) is 21.3 Å². The maximum atomic E-state index is 5.45. The third kappa shape index (κ3) is 2.47. The Bertz CT molecular complexity index is 394. The van der Waals surface area contributed by atoms with Crippen LogP contribution in [0.1, 0.15) is 43.7 Å². The Morgan fingerprint density at radius 1 is 1.06 bits per heavy atom. The zero-order valence-electron chi connectivity index (χ0n) is 10.5. The third-order valence-corrected chi connectivity index (χ3v) is 4.11. The van der Waals surface area contributed by atoms with Crippen LogP contribution in [0, 0.1) is 5.92 Å². The summed E-state index contributed by atoms with van der Waals surface area (Å²) < 4.78 is 5.45. The number of rotatable bonds is 2. The minimum atomic E-state index is 0.673. The highest BCUT2D eigenvalue weighted by Crippen LogP contribution is 2.28. The van der Waals surface area contributed by atoms with E-state index in [1.165, 1.54) is 42.5 Å². The van der Waals surface area contributed by atoms with Gasteiger partial charge in [-0.2, -0.15) is 0 Å². The summed E-state index contributed by atoms with van der Waals surface area (Å²) in [6.07, 6.45) is 5.36. The SMILES string of the molecule is CC1CCC(Nc2ccc3c(c2)COC3)CC1. The van der Waals surface area contributed by atoms with Gasteiger partial charge in [0.05, 0.1) is 13.2 Å². The Morgan fingerprint density at radius 2 is 1.82 bits per heavy atom. The summed E-state index contributed by atoms with van der Waals surface area (Å²) in [4.78, 5) is 0. The van der Waals surface area contributed by atoms with Crippen LogP contribution < -0.4 is 5.32 Å². The van der Waals surface area contributed by atoms with E-state index in [-0.39, 0.29) is 0 Å². The number of nitrogens with one attached hydrogen (secondary N) is 1. The van der Waals surface area contributed by atoms with Crippen LogP contribution in [-0.2, 0) is 18.0 Å². The number of anilines is 1. The summed E-state index contributed by atoms with van der Waals surface area (Å²) in [5.41, 5.74) is 3.99. The first-order valence-corrected chi connectivity index (χ1v) is 6.77. The van der Waals surface area contributed by atoms with Crippen molar-refractivity contribution >= 4 is 5.69 Å². The number of hydrogen-bond acceptors (Lipinski definition) is 2. The van der Waals surface area contributed by atoms with Gasteiger partial charge in [-0.3, -0.25) is 0 Å². The summed E-state index contributed by atoms with van der Waals surface area (Å²) in [7, 11) is 0. The molecule has 0 radical (unpaired) electrons. The van der Waals surface area contributed by atoms with Crippen LogP contribution in [0.3, 0.4) is 0 Å². The minimum absolute atomic E-state index is 0.673. The van der Waals surface area contributed by atoms with Crippen molar-refractivity contribution in [2.75, 3.05) is 5.32 Å². The molecule has 1 saturated carbocycles. The average molecular weight is 231 g/mol. The van der Waals surface area contributed by atoms with Crippen LogP contribution in [0.2, 0.25) is 0 Å². The molecule has 17 heavy (non-hydrogen) atoms. The molecule has 0 amide bonds. The minimum Gasteiger partial charge on any atom is -0.382 e. The molecule has 1 aliphatic carbocycles. The monoisotopic (exact) mass is 231 g/mol. The van der Waals surface area contributed by atoms with Gasteiger partial charge in [0.15, 0.2) is 0 Å². The Balaban J connectivity index is 1.65. The molecular weight excluding hydrogens is 210 g/mol. The van der Waals surface area contributed by atoms with Crippen LogP contribution in [0.25, 0.3) is 0 Å². The van der Waals surface area contributed by atoms with E-state index in [9.17, 15) is 0 Å². The highest BCUT2D eigenvalue weighted by molar-refractivity contribution is 5.50. The standard InChI is InChI=1S/C15H21NO/c1-11-2-5-14(6-3-11)16-15-7-4-12-9-17-10-13(12)8-15/h4,7-8,11,14,16H,2-3,5-6,9-10H2,1H3. The normalized spacial score (nSPS) is 27.8. The highest BCUT2D eigenvalue weighted by Gasteiger charge is 2.18. The summed E-state index contributed by atoms with van der Waals surface area (Å²) >= 11 is 0. The van der Waals surface area contributed by atoms with Crippen LogP contribution in [0.15, 0.2) is 18.2 Å². The van der Waals surface area contributed by atoms with Crippen molar-refractivity contribution in [1.29, 1.82) is 0 Å². The lowest BCUT2D eigenvalue weighted by molar-refractivity contribution is 0.134. The Kier molecular flexibility index (Phi) is 3.06. The van der Waals surface area contributed by atoms with Gasteiger partial charge in [-0.05, 0) is 54.9 Å². The fraction of sp³-hybridized carbons (Fsp3) is 0.600. The van der Waals surface area contributed by atoms with Gasteiger partial charge in [0, 0.05) is 11.7 Å². The molecule has 2 nitrogen and oxygen atoms in total. The van der Waals surface area contributed by atoms with Crippen LogP contribution in [-0.4, -0.2) is 6.04 Å². The maximum absolute atomic E-state index is 5.45. The van der Waals surface area contributed by atoms with Gasteiger partial charge in [-0.1, -0.05) is 13.0 Å². The number of hydrogen-bond donors (Lipinski definition) is 1. The van der Waals surface area contributed by atoms with E-state index in [0.717, 1.165) is 19.1 Å². The summed E-state index contributed by atoms with van der Waals surface area (Å²) in [6.45, 7) is 3.94. The molecule has 0 bridgehead atoms. The second-order valence-electron chi connectivity index (χ2n) is 5.58. The van der Waals surface area contributed by atoms with Crippen LogP contribution in [0.5, 0.6) is 0 Å². The van der Waals surface area contributed by atoms with Crippen molar-refractivity contribution in [2.45, 2.75) is 51.9 Å². The molecule has 1 aromatic carbocycles. The van der Waals surface area contributed by atoms with Gasteiger partial charge in [-0.25, -0.2) is 0 Å². The molecule has 1 aliphatic heterocycles. The predicted molar refractivity (Wildman–Crippen MR) is 70.0 cm³/mol. The molecule has 1 aromatic rings. The van der Waals surface area contributed by atoms with Crippen molar-refractivity contribution in [3.8, 4) is 0 Å². The van der Waals surface area contributed by atoms with Crippen molar-refractivity contribution < 1.29 is 4.74 Å². The molecule has 2 aliphatic rings. The van der Waals surface area contributed by atoms with Gasteiger partial charge in [0.1, 0.15) is 0 Å². The van der Waals surface area contributed by atoms with Gasteiger partial charge >= 0.3 is 0 Å². The highest BCUT2D eigenvalue weighted by atomic mass is 16.5. The first-order chi connectivity index (χ1) is 8.31. The molecule has 1 N–H and O–H groups in total. The third-order valence-electron chi connectivity index (χ3n) is 4.11. The van der Waals surface area contributed by atoms with E-state index in [0.29, 0.717) is 6.04 Å². The predicted octanol–water partition coefficient (Wildman–Crippen LogP) is 3.71. The van der Waals surface area contributed by atoms with E-state index >= 15 is 0 Å². The molecule has 92 valence electrons. The number of benzene rings is 1. The van der Waals surface area contributed by atoms with Gasteiger partial charge in [0.2, 0.25) is 0 Å². The largest absolute Gasteiger partial charge is 0.382 e. The fourth-order valence-electron chi connectivity index (χ4n) is 2.90. The molecule has 0 spiro atoms. The first-order valence-electron chi connectivity index (χ1n) is 6.77. The average Bonchev–Trinajstić information content (AvgIpc) is 2.79. The van der Waals surface area contributed by atoms with Crippen molar-refractivity contribution in [3.05, 3.63) is 29.3 Å². The second kappa shape index (κ2) is 4.69. The van der Waals surface area contributed by atoms with E-state index in [1.54, 1.807) is 0 Å². The second-order valence-corrected chi connectivity index (χ2v) is 5.58. The molecule has 3 rings (SSSR count). The molecule has 1 fully saturated rings. The van der Waals surface area contributed by atoms with E-state index in [4.69, 9.17) is 4.74 Å². The lowest BCUT2D eigenvalue weighted by Gasteiger charge is -2.27. The molecule has 1 heterocycles. The molecule has 2 heteroatoms. The summed E-state index contributed by atoms with van der Waals surface area (Å²) in [6, 6.07) is 7.34. The van der Waals surface area contributed by atoms with Crippen molar-refractivity contribution in [1.82, 2.24) is 0 Å². The van der Waals surface area contributed by atoms with E-state index in [2.05, 4.69) is 30.4 Å². The Labute approximate surface area is 103 Å².